The molecule has 7 heteroatoms. The summed E-state index contributed by atoms with van der Waals surface area (Å²) in [6.07, 6.45) is 5.47. The monoisotopic (exact) mass is 383 g/mol. The number of likely N-dealkylation sites (tertiary alicyclic amines) is 1. The Balaban J connectivity index is 1.32. The number of rotatable bonds is 5. The van der Waals surface area contributed by atoms with E-state index < -0.39 is 0 Å². The number of fused-ring (bicyclic) bond motifs is 1. The van der Waals surface area contributed by atoms with Crippen LogP contribution in [0.1, 0.15) is 32.1 Å². The fourth-order valence-corrected chi connectivity index (χ4v) is 4.59. The Morgan fingerprint density at radius 2 is 1.78 bits per heavy atom. The molecule has 3 amide bonds. The summed E-state index contributed by atoms with van der Waals surface area (Å²) in [5.41, 5.74) is 1.69. The lowest BCUT2D eigenvalue weighted by atomic mass is 9.81. The van der Waals surface area contributed by atoms with Crippen LogP contribution in [0.25, 0.3) is 10.6 Å². The number of aromatic nitrogens is 1. The number of thiazole rings is 1. The van der Waals surface area contributed by atoms with E-state index in [0.717, 1.165) is 36.3 Å². The molecule has 2 aromatic rings. The van der Waals surface area contributed by atoms with E-state index in [4.69, 9.17) is 0 Å². The molecule has 2 heterocycles. The highest BCUT2D eigenvalue weighted by atomic mass is 32.1. The predicted octanol–water partition coefficient (Wildman–Crippen LogP) is 3.31. The molecule has 1 N–H and O–H groups in total. The molecule has 0 radical (unpaired) electrons. The van der Waals surface area contributed by atoms with Crippen molar-refractivity contribution in [3.63, 3.8) is 0 Å². The van der Waals surface area contributed by atoms with Crippen LogP contribution >= 0.6 is 11.3 Å². The maximum atomic E-state index is 12.4. The second-order valence-electron chi connectivity index (χ2n) is 7.04. The molecule has 1 aliphatic carbocycles. The van der Waals surface area contributed by atoms with Crippen molar-refractivity contribution < 1.29 is 14.4 Å². The molecular weight excluding hydrogens is 362 g/mol. The summed E-state index contributed by atoms with van der Waals surface area (Å²) in [4.78, 5) is 42.7. The average Bonchev–Trinajstić information content (AvgIpc) is 3.30. The Labute approximate surface area is 161 Å². The smallest absolute Gasteiger partial charge is 0.233 e. The third-order valence-corrected chi connectivity index (χ3v) is 6.16. The number of anilines is 1. The van der Waals surface area contributed by atoms with Gasteiger partial charge >= 0.3 is 0 Å². The molecule has 2 fully saturated rings. The average molecular weight is 383 g/mol. The first-order chi connectivity index (χ1) is 13.1. The molecular formula is C20H21N3O3S. The van der Waals surface area contributed by atoms with Gasteiger partial charge in [0.25, 0.3) is 0 Å². The van der Waals surface area contributed by atoms with Gasteiger partial charge in [-0.05, 0) is 37.1 Å². The summed E-state index contributed by atoms with van der Waals surface area (Å²) < 4.78 is 0. The summed E-state index contributed by atoms with van der Waals surface area (Å²) in [5.74, 6) is -0.705. The summed E-state index contributed by atoms with van der Waals surface area (Å²) in [6.45, 7) is 0.160. The largest absolute Gasteiger partial charge is 0.326 e. The second kappa shape index (κ2) is 7.60. The van der Waals surface area contributed by atoms with Crippen LogP contribution in [-0.2, 0) is 14.4 Å². The van der Waals surface area contributed by atoms with Crippen LogP contribution in [0.5, 0.6) is 0 Å². The van der Waals surface area contributed by atoms with Crippen molar-refractivity contribution >= 4 is 34.7 Å². The van der Waals surface area contributed by atoms with E-state index in [9.17, 15) is 14.4 Å². The lowest BCUT2D eigenvalue weighted by Gasteiger charge is -2.19. The maximum absolute atomic E-state index is 12.4. The Hall–Kier alpha value is -2.54. The fourth-order valence-electron chi connectivity index (χ4n) is 3.95. The molecule has 2 aliphatic rings. The molecule has 0 bridgehead atoms. The maximum Gasteiger partial charge on any atom is 0.233 e. The topological polar surface area (TPSA) is 79.4 Å². The van der Waals surface area contributed by atoms with Gasteiger partial charge in [0.2, 0.25) is 17.7 Å². The first kappa shape index (κ1) is 17.9. The van der Waals surface area contributed by atoms with E-state index in [0.29, 0.717) is 5.69 Å². The molecule has 1 aliphatic heterocycles. The fraction of sp³-hybridized carbons (Fsp3) is 0.400. The van der Waals surface area contributed by atoms with Crippen molar-refractivity contribution in [3.05, 3.63) is 35.8 Å². The molecule has 2 atom stereocenters. The lowest BCUT2D eigenvalue weighted by Crippen LogP contribution is -2.34. The van der Waals surface area contributed by atoms with Crippen LogP contribution in [0.3, 0.4) is 0 Å². The third-order valence-electron chi connectivity index (χ3n) is 5.34. The Morgan fingerprint density at radius 3 is 2.37 bits per heavy atom. The molecule has 1 aromatic heterocycles. The SMILES string of the molecule is O=C(CCN1C(=O)[C@H]2CCCC[C@H]2C1=O)Nc1ccc(-c2nccs2)cc1. The Bertz CT molecular complexity index is 824. The highest BCUT2D eigenvalue weighted by Crippen LogP contribution is 2.38. The lowest BCUT2D eigenvalue weighted by molar-refractivity contribution is -0.140. The van der Waals surface area contributed by atoms with E-state index in [1.165, 1.54) is 4.90 Å². The number of amides is 3. The van der Waals surface area contributed by atoms with Gasteiger partial charge in [0.1, 0.15) is 5.01 Å². The zero-order valence-electron chi connectivity index (χ0n) is 14.9. The number of nitrogens with one attached hydrogen (secondary N) is 1. The number of benzene rings is 1. The van der Waals surface area contributed by atoms with Gasteiger partial charge in [0, 0.05) is 35.8 Å². The first-order valence-corrected chi connectivity index (χ1v) is 10.2. The van der Waals surface area contributed by atoms with Gasteiger partial charge in [-0.25, -0.2) is 4.98 Å². The Morgan fingerprint density at radius 1 is 1.11 bits per heavy atom. The zero-order chi connectivity index (χ0) is 18.8. The van der Waals surface area contributed by atoms with Crippen molar-refractivity contribution in [2.75, 3.05) is 11.9 Å². The van der Waals surface area contributed by atoms with Crippen LogP contribution in [-0.4, -0.2) is 34.2 Å². The zero-order valence-corrected chi connectivity index (χ0v) is 15.7. The third kappa shape index (κ3) is 3.64. The van der Waals surface area contributed by atoms with Crippen molar-refractivity contribution in [2.45, 2.75) is 32.1 Å². The van der Waals surface area contributed by atoms with Crippen molar-refractivity contribution in [3.8, 4) is 10.6 Å². The van der Waals surface area contributed by atoms with Gasteiger partial charge in [0.15, 0.2) is 0 Å². The summed E-state index contributed by atoms with van der Waals surface area (Å²) >= 11 is 1.56. The first-order valence-electron chi connectivity index (χ1n) is 9.28. The number of hydrogen-bond donors (Lipinski definition) is 1. The van der Waals surface area contributed by atoms with E-state index in [2.05, 4.69) is 10.3 Å². The highest BCUT2D eigenvalue weighted by Gasteiger charge is 2.47. The minimum absolute atomic E-state index is 0.0923. The van der Waals surface area contributed by atoms with Gasteiger partial charge in [-0.3, -0.25) is 19.3 Å². The van der Waals surface area contributed by atoms with Gasteiger partial charge in [-0.2, -0.15) is 0 Å². The predicted molar refractivity (Wildman–Crippen MR) is 103 cm³/mol. The molecule has 4 rings (SSSR count). The molecule has 1 aromatic carbocycles. The highest BCUT2D eigenvalue weighted by molar-refractivity contribution is 7.13. The molecule has 0 spiro atoms. The summed E-state index contributed by atoms with van der Waals surface area (Å²) in [6, 6.07) is 7.48. The number of nitrogens with zero attached hydrogens (tertiary/aromatic N) is 2. The number of carbonyl (C=O) groups is 3. The van der Waals surface area contributed by atoms with Gasteiger partial charge < -0.3 is 5.32 Å². The molecule has 1 saturated carbocycles. The normalized spacial score (nSPS) is 22.0. The van der Waals surface area contributed by atoms with E-state index in [-0.39, 0.29) is 42.5 Å². The van der Waals surface area contributed by atoms with Crippen molar-refractivity contribution in [1.82, 2.24) is 9.88 Å². The molecule has 140 valence electrons. The van der Waals surface area contributed by atoms with Gasteiger partial charge in [-0.1, -0.05) is 12.8 Å². The van der Waals surface area contributed by atoms with Crippen LogP contribution in [0, 0.1) is 11.8 Å². The summed E-state index contributed by atoms with van der Waals surface area (Å²) in [7, 11) is 0. The number of hydrogen-bond acceptors (Lipinski definition) is 5. The molecule has 27 heavy (non-hydrogen) atoms. The summed E-state index contributed by atoms with van der Waals surface area (Å²) in [5, 5.41) is 5.68. The quantitative estimate of drug-likeness (QED) is 0.804. The van der Waals surface area contributed by atoms with E-state index >= 15 is 0 Å². The van der Waals surface area contributed by atoms with Crippen LogP contribution in [0.15, 0.2) is 35.8 Å². The molecule has 1 saturated heterocycles. The minimum Gasteiger partial charge on any atom is -0.326 e. The standard InChI is InChI=1S/C20H21N3O3S/c24-17(22-14-7-5-13(6-8-14)18-21-10-12-27-18)9-11-23-19(25)15-3-1-2-4-16(15)20(23)26/h5-8,10,12,15-16H,1-4,9,11H2,(H,22,24)/t15-,16+. The van der Waals surface area contributed by atoms with E-state index in [1.807, 2.05) is 29.6 Å². The molecule has 0 unspecified atom stereocenters. The van der Waals surface area contributed by atoms with E-state index in [1.54, 1.807) is 17.5 Å². The van der Waals surface area contributed by atoms with Crippen LogP contribution < -0.4 is 5.32 Å². The number of imide groups is 1. The van der Waals surface area contributed by atoms with Crippen LogP contribution in [0.4, 0.5) is 5.69 Å². The van der Waals surface area contributed by atoms with Gasteiger partial charge in [0.05, 0.1) is 11.8 Å². The second-order valence-corrected chi connectivity index (χ2v) is 7.93. The minimum atomic E-state index is -0.201. The molecule has 6 nitrogen and oxygen atoms in total. The number of carbonyl (C=O) groups excluding carboxylic acids is 3. The van der Waals surface area contributed by atoms with Crippen molar-refractivity contribution in [2.24, 2.45) is 11.8 Å². The van der Waals surface area contributed by atoms with Crippen LogP contribution in [0.2, 0.25) is 0 Å². The Kier molecular flexibility index (Phi) is 5.03. The van der Waals surface area contributed by atoms with Crippen molar-refractivity contribution in [1.29, 1.82) is 0 Å². The van der Waals surface area contributed by atoms with Gasteiger partial charge in [-0.15, -0.1) is 11.3 Å².